The number of halogens is 5. The van der Waals surface area contributed by atoms with Gasteiger partial charge in [0.05, 0.1) is 15.5 Å². The Morgan fingerprint density at radius 3 is 2.40 bits per heavy atom. The van der Waals surface area contributed by atoms with Crippen LogP contribution in [0.4, 0.5) is 13.2 Å². The third-order valence-corrected chi connectivity index (χ3v) is 4.01. The van der Waals surface area contributed by atoms with Gasteiger partial charge in [-0.15, -0.1) is 12.4 Å². The van der Waals surface area contributed by atoms with Gasteiger partial charge in [0.25, 0.3) is 0 Å². The van der Waals surface area contributed by atoms with Crippen LogP contribution in [-0.2, 0) is 16.2 Å². The third kappa shape index (κ3) is 5.10. The lowest BCUT2D eigenvalue weighted by atomic mass is 10.2. The van der Waals surface area contributed by atoms with Crippen molar-refractivity contribution in [3.05, 3.63) is 28.8 Å². The Bertz CT molecular complexity index is 550. The Morgan fingerprint density at radius 1 is 1.30 bits per heavy atom. The number of benzene rings is 1. The van der Waals surface area contributed by atoms with E-state index in [2.05, 4.69) is 4.72 Å². The van der Waals surface area contributed by atoms with Crippen molar-refractivity contribution < 1.29 is 21.6 Å². The summed E-state index contributed by atoms with van der Waals surface area (Å²) in [5.41, 5.74) is 4.01. The Hall–Kier alpha value is -0.540. The highest BCUT2D eigenvalue weighted by molar-refractivity contribution is 7.89. The molecule has 0 unspecified atom stereocenters. The molecule has 10 heteroatoms. The van der Waals surface area contributed by atoms with Gasteiger partial charge in [-0.05, 0) is 31.2 Å². The van der Waals surface area contributed by atoms with Gasteiger partial charge in [0.2, 0.25) is 10.0 Å². The maximum Gasteiger partial charge on any atom is 0.417 e. The van der Waals surface area contributed by atoms with E-state index in [1.807, 2.05) is 0 Å². The van der Waals surface area contributed by atoms with Crippen molar-refractivity contribution in [2.45, 2.75) is 17.5 Å². The Balaban J connectivity index is 0.00000361. The third-order valence-electron chi connectivity index (χ3n) is 2.23. The van der Waals surface area contributed by atoms with E-state index in [0.29, 0.717) is 12.5 Å². The summed E-state index contributed by atoms with van der Waals surface area (Å²) >= 11 is 5.41. The minimum absolute atomic E-state index is 0. The van der Waals surface area contributed by atoms with Crippen LogP contribution in [0.5, 0.6) is 0 Å². The van der Waals surface area contributed by atoms with Crippen LogP contribution in [0.2, 0.25) is 5.02 Å². The average Bonchev–Trinajstić information content (AvgIpc) is 2.27. The lowest BCUT2D eigenvalue weighted by Crippen LogP contribution is -2.26. The Morgan fingerprint density at radius 2 is 1.90 bits per heavy atom. The molecule has 0 bridgehead atoms. The maximum atomic E-state index is 12.6. The van der Waals surface area contributed by atoms with E-state index < -0.39 is 31.7 Å². The second-order valence-corrected chi connectivity index (χ2v) is 5.85. The highest BCUT2D eigenvalue weighted by atomic mass is 35.5. The van der Waals surface area contributed by atoms with Crippen molar-refractivity contribution in [2.24, 2.45) is 5.73 Å². The Labute approximate surface area is 125 Å². The van der Waals surface area contributed by atoms with E-state index in [1.54, 1.807) is 0 Å². The van der Waals surface area contributed by atoms with Gasteiger partial charge >= 0.3 is 6.18 Å². The van der Waals surface area contributed by atoms with Crippen LogP contribution in [0.25, 0.3) is 0 Å². The molecule has 116 valence electrons. The van der Waals surface area contributed by atoms with Crippen molar-refractivity contribution in [1.82, 2.24) is 4.72 Å². The van der Waals surface area contributed by atoms with E-state index in [4.69, 9.17) is 17.3 Å². The molecule has 0 aliphatic rings. The molecule has 1 rings (SSSR count). The average molecular weight is 353 g/mol. The van der Waals surface area contributed by atoms with Crippen LogP contribution >= 0.6 is 24.0 Å². The standard InChI is InChI=1S/C10H12ClF3N2O2S.ClH/c11-9-3-2-7(6-8(9)10(12,13)14)19(17,18)16-5-1-4-15;/h2-3,6,16H,1,4-5,15H2;1H. The summed E-state index contributed by atoms with van der Waals surface area (Å²) in [6.07, 6.45) is -4.32. The highest BCUT2D eigenvalue weighted by Gasteiger charge is 2.34. The van der Waals surface area contributed by atoms with E-state index in [0.717, 1.165) is 12.1 Å². The smallest absolute Gasteiger partial charge is 0.330 e. The van der Waals surface area contributed by atoms with Gasteiger partial charge in [-0.3, -0.25) is 0 Å². The zero-order chi connectivity index (χ0) is 14.7. The van der Waals surface area contributed by atoms with E-state index in [1.165, 1.54) is 0 Å². The van der Waals surface area contributed by atoms with Gasteiger partial charge in [0, 0.05) is 6.54 Å². The molecule has 0 aromatic heterocycles. The van der Waals surface area contributed by atoms with Crippen LogP contribution in [-0.4, -0.2) is 21.5 Å². The lowest BCUT2D eigenvalue weighted by Gasteiger charge is -2.11. The van der Waals surface area contributed by atoms with Crippen molar-refractivity contribution in [3.63, 3.8) is 0 Å². The fraction of sp³-hybridized carbons (Fsp3) is 0.400. The number of rotatable bonds is 5. The minimum atomic E-state index is -4.71. The van der Waals surface area contributed by atoms with Crippen LogP contribution in [0, 0.1) is 0 Å². The summed E-state index contributed by atoms with van der Waals surface area (Å²) in [6, 6.07) is 2.43. The number of hydrogen-bond donors (Lipinski definition) is 2. The van der Waals surface area contributed by atoms with Gasteiger partial charge in [-0.1, -0.05) is 11.6 Å². The fourth-order valence-corrected chi connectivity index (χ4v) is 2.61. The number of alkyl halides is 3. The molecule has 0 fully saturated rings. The summed E-state index contributed by atoms with van der Waals surface area (Å²) < 4.78 is 63.4. The van der Waals surface area contributed by atoms with E-state index in [-0.39, 0.29) is 25.5 Å². The molecule has 0 radical (unpaired) electrons. The summed E-state index contributed by atoms with van der Waals surface area (Å²) in [5, 5.41) is -0.548. The van der Waals surface area contributed by atoms with Crippen molar-refractivity contribution in [1.29, 1.82) is 0 Å². The number of sulfonamides is 1. The lowest BCUT2D eigenvalue weighted by molar-refractivity contribution is -0.137. The second kappa shape index (κ2) is 7.46. The SMILES string of the molecule is Cl.NCCCNS(=O)(=O)c1ccc(Cl)c(C(F)(F)F)c1. The fourth-order valence-electron chi connectivity index (χ4n) is 1.28. The topological polar surface area (TPSA) is 72.2 Å². The molecule has 20 heavy (non-hydrogen) atoms. The predicted molar refractivity (Wildman–Crippen MR) is 72.6 cm³/mol. The molecule has 0 aliphatic carbocycles. The molecule has 1 aromatic carbocycles. The molecule has 0 saturated heterocycles. The molecule has 0 spiro atoms. The molecule has 0 aliphatic heterocycles. The first-order valence-electron chi connectivity index (χ1n) is 5.25. The van der Waals surface area contributed by atoms with Gasteiger partial charge in [0.15, 0.2) is 0 Å². The van der Waals surface area contributed by atoms with Crippen LogP contribution < -0.4 is 10.5 Å². The van der Waals surface area contributed by atoms with E-state index in [9.17, 15) is 21.6 Å². The van der Waals surface area contributed by atoms with Gasteiger partial charge in [-0.2, -0.15) is 13.2 Å². The Kier molecular flexibility index (Phi) is 7.26. The van der Waals surface area contributed by atoms with E-state index >= 15 is 0 Å². The first-order valence-corrected chi connectivity index (χ1v) is 7.11. The largest absolute Gasteiger partial charge is 0.417 e. The monoisotopic (exact) mass is 352 g/mol. The number of hydrogen-bond acceptors (Lipinski definition) is 3. The van der Waals surface area contributed by atoms with Crippen molar-refractivity contribution >= 4 is 34.0 Å². The molecule has 3 N–H and O–H groups in total. The summed E-state index contributed by atoms with van der Waals surface area (Å²) in [5.74, 6) is 0. The minimum Gasteiger partial charge on any atom is -0.330 e. The first-order chi connectivity index (χ1) is 8.68. The van der Waals surface area contributed by atoms with Gasteiger partial charge < -0.3 is 5.73 Å². The highest BCUT2D eigenvalue weighted by Crippen LogP contribution is 2.35. The number of nitrogens with one attached hydrogen (secondary N) is 1. The summed E-state index contributed by atoms with van der Waals surface area (Å²) in [4.78, 5) is -0.485. The van der Waals surface area contributed by atoms with Crippen LogP contribution in [0.3, 0.4) is 0 Å². The van der Waals surface area contributed by atoms with Gasteiger partial charge in [0.1, 0.15) is 0 Å². The number of nitrogens with two attached hydrogens (primary N) is 1. The van der Waals surface area contributed by atoms with Crippen LogP contribution in [0.15, 0.2) is 23.1 Å². The molecule has 1 aromatic rings. The first kappa shape index (κ1) is 19.5. The molecule has 0 saturated carbocycles. The molecule has 4 nitrogen and oxygen atoms in total. The summed E-state index contributed by atoms with van der Waals surface area (Å²) in [7, 11) is -4.00. The van der Waals surface area contributed by atoms with Gasteiger partial charge in [-0.25, -0.2) is 13.1 Å². The zero-order valence-corrected chi connectivity index (χ0v) is 12.5. The maximum absolute atomic E-state index is 12.6. The quantitative estimate of drug-likeness (QED) is 0.799. The molecule has 0 atom stereocenters. The molecular weight excluding hydrogens is 340 g/mol. The predicted octanol–water partition coefficient (Wildman–Crippen LogP) is 2.41. The molecular formula is C10H13Cl2F3N2O2S. The second-order valence-electron chi connectivity index (χ2n) is 3.68. The summed E-state index contributed by atoms with van der Waals surface area (Å²) in [6.45, 7) is 0.333. The molecule has 0 amide bonds. The normalized spacial score (nSPS) is 12.1. The van der Waals surface area contributed by atoms with Crippen LogP contribution in [0.1, 0.15) is 12.0 Å². The molecule has 0 heterocycles. The zero-order valence-electron chi connectivity index (χ0n) is 10.1. The van der Waals surface area contributed by atoms with Crippen molar-refractivity contribution in [2.75, 3.05) is 13.1 Å². The van der Waals surface area contributed by atoms with Crippen molar-refractivity contribution in [3.8, 4) is 0 Å².